The third kappa shape index (κ3) is 6.00. The van der Waals surface area contributed by atoms with E-state index in [1.165, 1.54) is 18.3 Å². The molecule has 7 nitrogen and oxygen atoms in total. The fraction of sp³-hybridized carbons (Fsp3) is 0.667. The first kappa shape index (κ1) is 22.1. The summed E-state index contributed by atoms with van der Waals surface area (Å²) >= 11 is 1.32. The van der Waals surface area contributed by atoms with Crippen molar-refractivity contribution < 1.29 is 27.8 Å². The first-order valence-corrected chi connectivity index (χ1v) is 11.4. The molecule has 170 valence electrons. The van der Waals surface area contributed by atoms with Crippen LogP contribution in [0.1, 0.15) is 52.4 Å². The summed E-state index contributed by atoms with van der Waals surface area (Å²) in [6.07, 6.45) is 4.40. The first-order valence-electron chi connectivity index (χ1n) is 10.6. The third-order valence-electron chi connectivity index (χ3n) is 5.49. The SMILES string of the molecule is CC(=O)N[C@@H](C)COC1CCC(Oc2cc3sc(OC4CC(F)(F)C4)nc3cn2)CC1. The molecule has 31 heavy (non-hydrogen) atoms. The molecule has 1 amide bonds. The molecule has 0 spiro atoms. The van der Waals surface area contributed by atoms with E-state index in [0.29, 0.717) is 23.2 Å². The van der Waals surface area contributed by atoms with Crippen LogP contribution in [0.15, 0.2) is 12.3 Å². The predicted molar refractivity (Wildman–Crippen MR) is 112 cm³/mol. The molecule has 0 aromatic carbocycles. The molecule has 2 aliphatic carbocycles. The number of ether oxygens (including phenoxy) is 3. The summed E-state index contributed by atoms with van der Waals surface area (Å²) in [6.45, 7) is 3.93. The molecule has 2 aliphatic rings. The maximum absolute atomic E-state index is 13.0. The van der Waals surface area contributed by atoms with Crippen molar-refractivity contribution >= 4 is 27.5 Å². The van der Waals surface area contributed by atoms with Gasteiger partial charge in [0.25, 0.3) is 11.1 Å². The molecule has 0 radical (unpaired) electrons. The molecule has 1 N–H and O–H groups in total. The molecule has 0 saturated heterocycles. The second-order valence-corrected chi connectivity index (χ2v) is 9.42. The Bertz CT molecular complexity index is 909. The van der Waals surface area contributed by atoms with Gasteiger partial charge in [-0.1, -0.05) is 11.3 Å². The van der Waals surface area contributed by atoms with E-state index in [1.807, 2.05) is 13.0 Å². The van der Waals surface area contributed by atoms with Crippen LogP contribution in [0.25, 0.3) is 10.2 Å². The lowest BCUT2D eigenvalue weighted by Crippen LogP contribution is -2.43. The van der Waals surface area contributed by atoms with Crippen molar-refractivity contribution in [2.45, 2.75) is 82.6 Å². The highest BCUT2D eigenvalue weighted by Gasteiger charge is 2.47. The molecule has 0 unspecified atom stereocenters. The zero-order valence-corrected chi connectivity index (χ0v) is 18.4. The number of carbonyl (C=O) groups excluding carboxylic acids is 1. The van der Waals surface area contributed by atoms with Crippen LogP contribution in [0.4, 0.5) is 8.78 Å². The van der Waals surface area contributed by atoms with Crippen molar-refractivity contribution in [2.75, 3.05) is 6.61 Å². The van der Waals surface area contributed by atoms with Gasteiger partial charge in [0.15, 0.2) is 0 Å². The monoisotopic (exact) mass is 455 g/mol. The van der Waals surface area contributed by atoms with Crippen molar-refractivity contribution in [1.29, 1.82) is 0 Å². The molecule has 4 rings (SSSR count). The fourth-order valence-electron chi connectivity index (χ4n) is 3.90. The van der Waals surface area contributed by atoms with Gasteiger partial charge in [0.2, 0.25) is 11.8 Å². The van der Waals surface area contributed by atoms with Gasteiger partial charge in [-0.05, 0) is 32.6 Å². The van der Waals surface area contributed by atoms with E-state index >= 15 is 0 Å². The molecule has 10 heteroatoms. The van der Waals surface area contributed by atoms with Gasteiger partial charge < -0.3 is 19.5 Å². The molecule has 2 fully saturated rings. The van der Waals surface area contributed by atoms with Crippen molar-refractivity contribution in [3.63, 3.8) is 0 Å². The van der Waals surface area contributed by atoms with Gasteiger partial charge in [0.05, 0.1) is 23.6 Å². The number of alkyl halides is 2. The summed E-state index contributed by atoms with van der Waals surface area (Å²) < 4.78 is 44.3. The van der Waals surface area contributed by atoms with Crippen LogP contribution >= 0.6 is 11.3 Å². The Morgan fingerprint density at radius 1 is 1.23 bits per heavy atom. The summed E-state index contributed by atoms with van der Waals surface area (Å²) in [7, 11) is 0. The summed E-state index contributed by atoms with van der Waals surface area (Å²) in [5, 5.41) is 3.21. The van der Waals surface area contributed by atoms with Gasteiger partial charge >= 0.3 is 0 Å². The zero-order chi connectivity index (χ0) is 22.0. The second-order valence-electron chi connectivity index (χ2n) is 8.43. The number of nitrogens with one attached hydrogen (secondary N) is 1. The smallest absolute Gasteiger partial charge is 0.274 e. The molecule has 2 aromatic heterocycles. The minimum atomic E-state index is -2.61. The predicted octanol–water partition coefficient (Wildman–Crippen LogP) is 4.10. The van der Waals surface area contributed by atoms with Crippen molar-refractivity contribution in [2.24, 2.45) is 0 Å². The van der Waals surface area contributed by atoms with Crippen LogP contribution in [-0.2, 0) is 9.53 Å². The number of aromatic nitrogens is 2. The summed E-state index contributed by atoms with van der Waals surface area (Å²) in [5.41, 5.74) is 0.670. The minimum Gasteiger partial charge on any atom is -0.474 e. The molecule has 0 bridgehead atoms. The lowest BCUT2D eigenvalue weighted by atomic mass is 9.91. The van der Waals surface area contributed by atoms with E-state index in [0.717, 1.165) is 30.4 Å². The largest absolute Gasteiger partial charge is 0.474 e. The highest BCUT2D eigenvalue weighted by Crippen LogP contribution is 2.41. The maximum atomic E-state index is 13.0. The Labute approximate surface area is 183 Å². The van der Waals surface area contributed by atoms with Gasteiger partial charge in [-0.2, -0.15) is 0 Å². The van der Waals surface area contributed by atoms with Crippen LogP contribution in [0.5, 0.6) is 11.1 Å². The number of hydrogen-bond donors (Lipinski definition) is 1. The number of carbonyl (C=O) groups is 1. The Hall–Kier alpha value is -2.07. The highest BCUT2D eigenvalue weighted by molar-refractivity contribution is 7.20. The van der Waals surface area contributed by atoms with Gasteiger partial charge in [-0.3, -0.25) is 4.79 Å². The number of amides is 1. The van der Waals surface area contributed by atoms with Crippen molar-refractivity contribution in [3.05, 3.63) is 12.3 Å². The van der Waals surface area contributed by atoms with Crippen LogP contribution < -0.4 is 14.8 Å². The first-order chi connectivity index (χ1) is 14.8. The summed E-state index contributed by atoms with van der Waals surface area (Å²) in [4.78, 5) is 19.7. The van der Waals surface area contributed by atoms with Gasteiger partial charge in [0, 0.05) is 31.9 Å². The van der Waals surface area contributed by atoms with Crippen LogP contribution in [0.2, 0.25) is 0 Å². The zero-order valence-electron chi connectivity index (χ0n) is 17.6. The number of halogens is 2. The van der Waals surface area contributed by atoms with Gasteiger partial charge in [-0.15, -0.1) is 0 Å². The molecule has 2 saturated carbocycles. The topological polar surface area (TPSA) is 82.6 Å². The normalized spacial score (nSPS) is 24.4. The van der Waals surface area contributed by atoms with E-state index in [-0.39, 0.29) is 37.0 Å². The average Bonchev–Trinajstić information content (AvgIpc) is 3.07. The lowest BCUT2D eigenvalue weighted by Gasteiger charge is -2.33. The maximum Gasteiger partial charge on any atom is 0.274 e. The van der Waals surface area contributed by atoms with Crippen LogP contribution in [0.3, 0.4) is 0 Å². The Balaban J connectivity index is 1.24. The number of thiazole rings is 1. The summed E-state index contributed by atoms with van der Waals surface area (Å²) in [6, 6.07) is 1.82. The second kappa shape index (κ2) is 9.20. The Kier molecular flexibility index (Phi) is 6.57. The lowest BCUT2D eigenvalue weighted by molar-refractivity contribution is -0.134. The average molecular weight is 456 g/mol. The standard InChI is InChI=1S/C21H27F2N3O4S/c1-12(25-13(2)27)11-28-14-3-5-15(6-4-14)29-19-7-18-17(10-24-19)26-20(31-18)30-16-8-21(22,23)9-16/h7,10,12,14-16H,3-6,8-9,11H2,1-2H3,(H,25,27)/t12-,14?,15?/m0/s1. The molecule has 2 aromatic rings. The molecule has 2 heterocycles. The van der Waals surface area contributed by atoms with E-state index in [4.69, 9.17) is 14.2 Å². The number of hydrogen-bond acceptors (Lipinski definition) is 7. The molecular formula is C21H27F2N3O4S. The van der Waals surface area contributed by atoms with E-state index in [1.54, 1.807) is 6.20 Å². The fourth-order valence-corrected chi connectivity index (χ4v) is 4.78. The number of pyridine rings is 1. The molecule has 0 aliphatic heterocycles. The van der Waals surface area contributed by atoms with E-state index < -0.39 is 12.0 Å². The molecule has 1 atom stereocenters. The summed E-state index contributed by atoms with van der Waals surface area (Å²) in [5.74, 6) is -2.14. The van der Waals surface area contributed by atoms with Crippen molar-refractivity contribution in [3.8, 4) is 11.1 Å². The quantitative estimate of drug-likeness (QED) is 0.645. The highest BCUT2D eigenvalue weighted by atomic mass is 32.1. The van der Waals surface area contributed by atoms with Gasteiger partial charge in [0.1, 0.15) is 17.7 Å². The van der Waals surface area contributed by atoms with Crippen LogP contribution in [0, 0.1) is 0 Å². The third-order valence-corrected chi connectivity index (χ3v) is 6.40. The Morgan fingerprint density at radius 3 is 2.61 bits per heavy atom. The Morgan fingerprint density at radius 2 is 1.94 bits per heavy atom. The van der Waals surface area contributed by atoms with E-state index in [2.05, 4.69) is 15.3 Å². The number of rotatable bonds is 8. The minimum absolute atomic E-state index is 0.00328. The van der Waals surface area contributed by atoms with E-state index in [9.17, 15) is 13.6 Å². The van der Waals surface area contributed by atoms with Gasteiger partial charge in [-0.25, -0.2) is 18.7 Å². The van der Waals surface area contributed by atoms with Crippen molar-refractivity contribution in [1.82, 2.24) is 15.3 Å². The number of nitrogens with zero attached hydrogens (tertiary/aromatic N) is 2. The molecular weight excluding hydrogens is 428 g/mol. The van der Waals surface area contributed by atoms with Crippen LogP contribution in [-0.4, -0.2) is 52.8 Å². The number of fused-ring (bicyclic) bond motifs is 1.